The number of benzene rings is 2. The second-order valence-corrected chi connectivity index (χ2v) is 23.7. The fraction of sp³-hybridized carbons (Fsp3) is 0.583. The van der Waals surface area contributed by atoms with E-state index in [9.17, 15) is 22.6 Å². The van der Waals surface area contributed by atoms with Crippen LogP contribution in [0.1, 0.15) is 98.6 Å². The van der Waals surface area contributed by atoms with Crippen LogP contribution in [0.15, 0.2) is 42.5 Å². The fourth-order valence-corrected chi connectivity index (χ4v) is 7.22. The summed E-state index contributed by atoms with van der Waals surface area (Å²) in [5.41, 5.74) is 1.09. The number of nitrogens with one attached hydrogen (secondary N) is 1. The van der Waals surface area contributed by atoms with E-state index in [1.54, 1.807) is 24.3 Å². The summed E-state index contributed by atoms with van der Waals surface area (Å²) in [6.45, 7) is 16.2. The van der Waals surface area contributed by atoms with Gasteiger partial charge in [-0.25, -0.2) is 22.7 Å². The van der Waals surface area contributed by atoms with Crippen molar-refractivity contribution in [2.24, 2.45) is 5.92 Å². The van der Waals surface area contributed by atoms with Crippen LogP contribution < -0.4 is 4.72 Å². The summed E-state index contributed by atoms with van der Waals surface area (Å²) < 4.78 is 58.9. The second kappa shape index (κ2) is 13.7. The van der Waals surface area contributed by atoms with Gasteiger partial charge >= 0.3 is 0 Å². The number of alkyl halides is 2. The molecule has 1 fully saturated rings. The Labute approximate surface area is 291 Å². The Morgan fingerprint density at radius 1 is 1.00 bits per heavy atom. The molecule has 2 aromatic carbocycles. The van der Waals surface area contributed by atoms with Gasteiger partial charge in [0.15, 0.2) is 0 Å². The molecule has 0 bridgehead atoms. The van der Waals surface area contributed by atoms with Gasteiger partial charge in [0, 0.05) is 21.6 Å². The number of hydrogen-bond acceptors (Lipinski definition) is 6. The molecule has 2 heterocycles. The van der Waals surface area contributed by atoms with Crippen molar-refractivity contribution in [1.29, 1.82) is 0 Å². The first kappa shape index (κ1) is 37.4. The van der Waals surface area contributed by atoms with Gasteiger partial charge < -0.3 is 14.0 Å². The van der Waals surface area contributed by atoms with Crippen LogP contribution in [0.4, 0.5) is 8.78 Å². The highest BCUT2D eigenvalue weighted by molar-refractivity contribution is 7.84. The van der Waals surface area contributed by atoms with E-state index < -0.39 is 47.4 Å². The van der Waals surface area contributed by atoms with E-state index >= 15 is 0 Å². The summed E-state index contributed by atoms with van der Waals surface area (Å²) in [5.74, 6) is -3.20. The first-order valence-corrected chi connectivity index (χ1v) is 21.8. The van der Waals surface area contributed by atoms with E-state index in [4.69, 9.17) is 14.5 Å². The number of imidazole rings is 1. The zero-order chi connectivity index (χ0) is 36.1. The van der Waals surface area contributed by atoms with Crippen LogP contribution in [0.2, 0.25) is 25.7 Å². The van der Waals surface area contributed by atoms with Gasteiger partial charge in [0.05, 0.1) is 50.5 Å². The molecule has 3 atom stereocenters. The number of aromatic nitrogens is 2. The molecule has 2 aliphatic rings. The van der Waals surface area contributed by atoms with Crippen molar-refractivity contribution >= 4 is 41.9 Å². The summed E-state index contributed by atoms with van der Waals surface area (Å²) in [6, 6.07) is 12.3. The second-order valence-electron chi connectivity index (χ2n) is 16.1. The zero-order valence-corrected chi connectivity index (χ0v) is 31.9. The number of amides is 2. The van der Waals surface area contributed by atoms with Crippen LogP contribution in [-0.2, 0) is 27.2 Å². The smallest absolute Gasteiger partial charge is 0.273 e. The number of fused-ring (bicyclic) bond motifs is 2. The molecule has 3 aromatic rings. The minimum Gasteiger partial charge on any atom is -0.367 e. The number of carbonyl (C=O) groups is 2. The van der Waals surface area contributed by atoms with E-state index in [-0.39, 0.29) is 31.1 Å². The number of carbonyl (C=O) groups excluding carboxylic acids is 2. The van der Waals surface area contributed by atoms with Gasteiger partial charge in [0.2, 0.25) is 0 Å². The maximum Gasteiger partial charge on any atom is 0.273 e. The Morgan fingerprint density at radius 3 is 2.14 bits per heavy atom. The highest BCUT2D eigenvalue weighted by Gasteiger charge is 2.47. The molecule has 2 amide bonds. The molecule has 49 heavy (non-hydrogen) atoms. The van der Waals surface area contributed by atoms with Crippen molar-refractivity contribution in [2.45, 2.75) is 115 Å². The van der Waals surface area contributed by atoms with Crippen LogP contribution in [0.3, 0.4) is 0 Å². The Kier molecular flexibility index (Phi) is 10.5. The zero-order valence-electron chi connectivity index (χ0n) is 30.1. The van der Waals surface area contributed by atoms with Gasteiger partial charge in [0.25, 0.3) is 17.7 Å². The largest absolute Gasteiger partial charge is 0.367 e. The Hall–Kier alpha value is -2.84. The van der Waals surface area contributed by atoms with Gasteiger partial charge in [0.1, 0.15) is 24.2 Å². The van der Waals surface area contributed by atoms with Gasteiger partial charge in [-0.3, -0.25) is 14.5 Å². The predicted molar refractivity (Wildman–Crippen MR) is 191 cm³/mol. The molecule has 9 nitrogen and oxygen atoms in total. The molecule has 13 heteroatoms. The van der Waals surface area contributed by atoms with Crippen molar-refractivity contribution in [3.63, 3.8) is 0 Å². The molecule has 1 saturated carbocycles. The van der Waals surface area contributed by atoms with Crippen LogP contribution in [0.25, 0.3) is 11.0 Å². The summed E-state index contributed by atoms with van der Waals surface area (Å²) >= 11 is 0. The van der Waals surface area contributed by atoms with E-state index in [0.717, 1.165) is 36.9 Å². The molecule has 0 spiro atoms. The topological polar surface area (TPSA) is 103 Å². The molecular formula is C36H50F2N4O5SSi. The van der Waals surface area contributed by atoms with Gasteiger partial charge in [-0.15, -0.1) is 0 Å². The van der Waals surface area contributed by atoms with Crippen molar-refractivity contribution in [2.75, 3.05) is 13.2 Å². The average molecular weight is 717 g/mol. The molecule has 1 aliphatic heterocycles. The maximum atomic E-state index is 14.5. The van der Waals surface area contributed by atoms with Crippen LogP contribution in [0, 0.1) is 5.92 Å². The molecule has 1 aliphatic carbocycles. The summed E-state index contributed by atoms with van der Waals surface area (Å²) in [5, 5.41) is 0. The van der Waals surface area contributed by atoms with Crippen LogP contribution in [0.5, 0.6) is 0 Å². The first-order valence-electron chi connectivity index (χ1n) is 16.9. The molecule has 5 rings (SSSR count). The standard InChI is InChI=1S/C36H50F2N4O5SSi/c1-34(2,3)48(45)40-28(21-47-35(4,5)36(6,37)38)31-39-27-20-24(16-17-29(27)41(31)22-46-18-19-49(7,8)9)30(23-14-15-23)42-32(43)25-12-10-11-13-26(25)33(42)44/h10-13,16-17,20,23,28,30,40H,14-15,18-19,21-22H2,1-9H3/t28-,30+,48+/m0/s1. The normalized spacial score (nSPS) is 17.9. The van der Waals surface area contributed by atoms with E-state index in [2.05, 4.69) is 24.4 Å². The summed E-state index contributed by atoms with van der Waals surface area (Å²) in [6.07, 6.45) is 1.78. The maximum absolute atomic E-state index is 14.5. The average Bonchev–Trinajstić information content (AvgIpc) is 3.73. The number of imide groups is 1. The number of halogens is 2. The lowest BCUT2D eigenvalue weighted by molar-refractivity contribution is -0.183. The van der Waals surface area contributed by atoms with Gasteiger partial charge in [-0.05, 0) is 89.3 Å². The molecule has 0 radical (unpaired) electrons. The van der Waals surface area contributed by atoms with Gasteiger partial charge in [-0.1, -0.05) is 37.8 Å². The number of rotatable bonds is 15. The van der Waals surface area contributed by atoms with Crippen LogP contribution >= 0.6 is 0 Å². The van der Waals surface area contributed by atoms with Crippen molar-refractivity contribution in [3.05, 3.63) is 65.0 Å². The highest BCUT2D eigenvalue weighted by atomic mass is 32.2. The Balaban J connectivity index is 1.57. The SMILES string of the molecule is CC(C)(C)[S@@](=O)N[C@@H](COC(C)(C)C(C)(F)F)c1nc2cc([C@@H](C3CC3)N3C(=O)c4ccccc4C3=O)ccc2n1COCC[Si](C)(C)C. The minimum absolute atomic E-state index is 0.126. The highest BCUT2D eigenvalue weighted by Crippen LogP contribution is 2.47. The molecule has 0 saturated heterocycles. The quantitative estimate of drug-likeness (QED) is 0.0986. The molecular weight excluding hydrogens is 667 g/mol. The van der Waals surface area contributed by atoms with E-state index in [1.165, 1.54) is 18.7 Å². The fourth-order valence-electron chi connectivity index (χ4n) is 5.68. The van der Waals surface area contributed by atoms with Crippen molar-refractivity contribution in [1.82, 2.24) is 19.2 Å². The van der Waals surface area contributed by atoms with Crippen molar-refractivity contribution < 1.29 is 32.1 Å². The third-order valence-electron chi connectivity index (χ3n) is 9.32. The lowest BCUT2D eigenvalue weighted by atomic mass is 10.00. The van der Waals surface area contributed by atoms with E-state index in [1.807, 2.05) is 43.5 Å². The molecule has 268 valence electrons. The number of ether oxygens (including phenoxy) is 2. The third kappa shape index (κ3) is 8.22. The molecule has 0 unspecified atom stereocenters. The number of nitrogens with zero attached hydrogens (tertiary/aromatic N) is 3. The number of hydrogen-bond donors (Lipinski definition) is 1. The van der Waals surface area contributed by atoms with Crippen molar-refractivity contribution in [3.8, 4) is 0 Å². The lowest BCUT2D eigenvalue weighted by Gasteiger charge is -2.33. The Bertz CT molecular complexity index is 1700. The predicted octanol–water partition coefficient (Wildman–Crippen LogP) is 7.64. The molecule has 1 aromatic heterocycles. The van der Waals surface area contributed by atoms with E-state index in [0.29, 0.717) is 29.1 Å². The first-order chi connectivity index (χ1) is 22.7. The third-order valence-corrected chi connectivity index (χ3v) is 12.6. The monoisotopic (exact) mass is 716 g/mol. The minimum atomic E-state index is -3.14. The van der Waals surface area contributed by atoms with Gasteiger partial charge in [-0.2, -0.15) is 0 Å². The van der Waals surface area contributed by atoms with Crippen LogP contribution in [-0.4, -0.2) is 68.0 Å². The lowest BCUT2D eigenvalue weighted by Crippen LogP contribution is -2.46. The Morgan fingerprint density at radius 2 is 1.61 bits per heavy atom. The summed E-state index contributed by atoms with van der Waals surface area (Å²) in [4.78, 5) is 33.5. The summed E-state index contributed by atoms with van der Waals surface area (Å²) in [7, 11) is -2.98. The molecule has 1 N–H and O–H groups in total.